The van der Waals surface area contributed by atoms with E-state index in [0.717, 1.165) is 38.2 Å². The Morgan fingerprint density at radius 1 is 1.48 bits per heavy atom. The largest absolute Gasteiger partial charge is 0.461 e. The number of hydrogen-bond acceptors (Lipinski definition) is 7. The molecule has 2 aliphatic rings. The van der Waals surface area contributed by atoms with Crippen LogP contribution in [0.4, 0.5) is 0 Å². The molecule has 3 unspecified atom stereocenters. The number of nitrogens with zero attached hydrogens (tertiary/aromatic N) is 3. The van der Waals surface area contributed by atoms with E-state index in [2.05, 4.69) is 20.4 Å². The van der Waals surface area contributed by atoms with Gasteiger partial charge >= 0.3 is 5.97 Å². The second-order valence-electron chi connectivity index (χ2n) is 6.01. The molecule has 2 aliphatic heterocycles. The Kier molecular flexibility index (Phi) is 4.21. The topological polar surface area (TPSA) is 80.5 Å². The number of cyclic esters (lactones) is 1. The number of ether oxygens (including phenoxy) is 1. The molecular weight excluding hydrogens is 272 g/mol. The molecule has 0 aromatic carbocycles. The number of hydrogen-bond donors (Lipinski definition) is 1. The standard InChI is InChI=1S/C14H22N4O3/c1-9-6-12(14(19)20-9)16-11-4-3-5-18(7-11)8-13-15-10(2)21-17-13/h9,11-12,16H,3-8H2,1-2H3. The second kappa shape index (κ2) is 6.11. The molecule has 1 aromatic heterocycles. The quantitative estimate of drug-likeness (QED) is 0.816. The Labute approximate surface area is 124 Å². The maximum Gasteiger partial charge on any atom is 0.323 e. The summed E-state index contributed by atoms with van der Waals surface area (Å²) in [5, 5.41) is 7.38. The van der Waals surface area contributed by atoms with Gasteiger partial charge in [-0.25, -0.2) is 0 Å². The number of esters is 1. The number of carbonyl (C=O) groups excluding carboxylic acids is 1. The molecule has 21 heavy (non-hydrogen) atoms. The fourth-order valence-electron chi connectivity index (χ4n) is 3.12. The van der Waals surface area contributed by atoms with Crippen LogP contribution in [0, 0.1) is 6.92 Å². The van der Waals surface area contributed by atoms with Crippen molar-refractivity contribution >= 4 is 5.97 Å². The van der Waals surface area contributed by atoms with Gasteiger partial charge in [-0.1, -0.05) is 5.16 Å². The van der Waals surface area contributed by atoms with E-state index >= 15 is 0 Å². The van der Waals surface area contributed by atoms with Crippen LogP contribution in [0.25, 0.3) is 0 Å². The number of piperidine rings is 1. The first-order chi connectivity index (χ1) is 10.1. The third-order valence-electron chi connectivity index (χ3n) is 4.05. The fourth-order valence-corrected chi connectivity index (χ4v) is 3.12. The Bertz CT molecular complexity index is 504. The zero-order chi connectivity index (χ0) is 14.8. The Morgan fingerprint density at radius 3 is 3.00 bits per heavy atom. The van der Waals surface area contributed by atoms with Crippen LogP contribution in [0.15, 0.2) is 4.52 Å². The Hall–Kier alpha value is -1.47. The van der Waals surface area contributed by atoms with Crippen LogP contribution in [0.2, 0.25) is 0 Å². The summed E-state index contributed by atoms with van der Waals surface area (Å²) in [6, 6.07) is 0.159. The minimum absolute atomic E-state index is 0.0250. The van der Waals surface area contributed by atoms with Gasteiger partial charge in [0, 0.05) is 25.9 Å². The van der Waals surface area contributed by atoms with Gasteiger partial charge < -0.3 is 14.6 Å². The molecule has 0 radical (unpaired) electrons. The fraction of sp³-hybridized carbons (Fsp3) is 0.786. The van der Waals surface area contributed by atoms with E-state index in [9.17, 15) is 4.79 Å². The summed E-state index contributed by atoms with van der Waals surface area (Å²) in [7, 11) is 0. The number of likely N-dealkylation sites (tertiary alicyclic amines) is 1. The minimum Gasteiger partial charge on any atom is -0.461 e. The van der Waals surface area contributed by atoms with Crippen LogP contribution in [-0.2, 0) is 16.1 Å². The van der Waals surface area contributed by atoms with E-state index in [1.54, 1.807) is 6.92 Å². The lowest BCUT2D eigenvalue weighted by atomic mass is 10.0. The van der Waals surface area contributed by atoms with Crippen molar-refractivity contribution in [2.45, 2.75) is 57.8 Å². The molecule has 0 bridgehead atoms. The molecule has 1 aromatic rings. The molecule has 3 atom stereocenters. The van der Waals surface area contributed by atoms with Crippen LogP contribution in [0.1, 0.15) is 37.9 Å². The predicted molar refractivity (Wildman–Crippen MR) is 74.4 cm³/mol. The normalized spacial score (nSPS) is 30.6. The first-order valence-electron chi connectivity index (χ1n) is 7.58. The Balaban J connectivity index is 1.52. The number of aromatic nitrogens is 2. The third kappa shape index (κ3) is 3.59. The van der Waals surface area contributed by atoms with E-state index in [1.165, 1.54) is 0 Å². The molecule has 7 nitrogen and oxygen atoms in total. The van der Waals surface area contributed by atoms with Gasteiger partial charge in [-0.05, 0) is 26.3 Å². The smallest absolute Gasteiger partial charge is 0.323 e. The van der Waals surface area contributed by atoms with Crippen LogP contribution >= 0.6 is 0 Å². The summed E-state index contributed by atoms with van der Waals surface area (Å²) in [5.74, 6) is 1.20. The van der Waals surface area contributed by atoms with Gasteiger partial charge in [-0.3, -0.25) is 9.69 Å². The number of carbonyl (C=O) groups is 1. The molecule has 1 N–H and O–H groups in total. The number of nitrogens with one attached hydrogen (secondary N) is 1. The van der Waals surface area contributed by atoms with Crippen molar-refractivity contribution in [1.82, 2.24) is 20.4 Å². The highest BCUT2D eigenvalue weighted by molar-refractivity contribution is 5.77. The molecule has 2 saturated heterocycles. The second-order valence-corrected chi connectivity index (χ2v) is 6.01. The molecule has 0 amide bonds. The monoisotopic (exact) mass is 294 g/mol. The van der Waals surface area contributed by atoms with Gasteiger partial charge in [0.2, 0.25) is 5.89 Å². The van der Waals surface area contributed by atoms with Gasteiger partial charge in [0.1, 0.15) is 12.1 Å². The maximum absolute atomic E-state index is 11.7. The molecule has 116 valence electrons. The number of aryl methyl sites for hydroxylation is 1. The van der Waals surface area contributed by atoms with Gasteiger partial charge in [0.25, 0.3) is 0 Å². The van der Waals surface area contributed by atoms with Crippen LogP contribution in [0.5, 0.6) is 0 Å². The SMILES string of the molecule is Cc1nc(CN2CCCC(NC3CC(C)OC3=O)C2)no1. The van der Waals surface area contributed by atoms with E-state index in [0.29, 0.717) is 18.5 Å². The van der Waals surface area contributed by atoms with Crippen molar-refractivity contribution in [3.8, 4) is 0 Å². The van der Waals surface area contributed by atoms with Crippen LogP contribution in [0.3, 0.4) is 0 Å². The van der Waals surface area contributed by atoms with E-state index in [-0.39, 0.29) is 18.1 Å². The van der Waals surface area contributed by atoms with Gasteiger partial charge in [0.05, 0.1) is 6.54 Å². The van der Waals surface area contributed by atoms with Gasteiger partial charge in [-0.15, -0.1) is 0 Å². The molecule has 0 spiro atoms. The summed E-state index contributed by atoms with van der Waals surface area (Å²) < 4.78 is 10.2. The molecule has 3 rings (SSSR count). The minimum atomic E-state index is -0.155. The van der Waals surface area contributed by atoms with Gasteiger partial charge in [-0.2, -0.15) is 4.98 Å². The van der Waals surface area contributed by atoms with Crippen molar-refractivity contribution in [3.63, 3.8) is 0 Å². The van der Waals surface area contributed by atoms with Crippen LogP contribution < -0.4 is 5.32 Å². The van der Waals surface area contributed by atoms with E-state index in [4.69, 9.17) is 9.26 Å². The van der Waals surface area contributed by atoms with Crippen molar-refractivity contribution in [1.29, 1.82) is 0 Å². The van der Waals surface area contributed by atoms with Crippen molar-refractivity contribution < 1.29 is 14.1 Å². The summed E-state index contributed by atoms with van der Waals surface area (Å²) >= 11 is 0. The molecule has 2 fully saturated rings. The van der Waals surface area contributed by atoms with Crippen molar-refractivity contribution in [2.75, 3.05) is 13.1 Å². The highest BCUT2D eigenvalue weighted by Gasteiger charge is 2.34. The molecule has 3 heterocycles. The first kappa shape index (κ1) is 14.5. The summed E-state index contributed by atoms with van der Waals surface area (Å²) in [5.41, 5.74) is 0. The lowest BCUT2D eigenvalue weighted by Crippen LogP contribution is -2.50. The molecule has 0 aliphatic carbocycles. The summed E-state index contributed by atoms with van der Waals surface area (Å²) in [6.07, 6.45) is 2.97. The van der Waals surface area contributed by atoms with Crippen LogP contribution in [-0.4, -0.2) is 52.3 Å². The van der Waals surface area contributed by atoms with E-state index < -0.39 is 0 Å². The van der Waals surface area contributed by atoms with Crippen molar-refractivity contribution in [2.24, 2.45) is 0 Å². The predicted octanol–water partition coefficient (Wildman–Crippen LogP) is 0.636. The molecular formula is C14H22N4O3. The average Bonchev–Trinajstić information content (AvgIpc) is 2.96. The first-order valence-corrected chi connectivity index (χ1v) is 7.58. The third-order valence-corrected chi connectivity index (χ3v) is 4.05. The molecule has 7 heteroatoms. The summed E-state index contributed by atoms with van der Waals surface area (Å²) in [6.45, 7) is 6.35. The summed E-state index contributed by atoms with van der Waals surface area (Å²) in [4.78, 5) is 18.2. The average molecular weight is 294 g/mol. The Morgan fingerprint density at radius 2 is 2.33 bits per heavy atom. The zero-order valence-corrected chi connectivity index (χ0v) is 12.5. The highest BCUT2D eigenvalue weighted by Crippen LogP contribution is 2.18. The van der Waals surface area contributed by atoms with Gasteiger partial charge in [0.15, 0.2) is 5.82 Å². The maximum atomic E-state index is 11.7. The molecule has 0 saturated carbocycles. The lowest BCUT2D eigenvalue weighted by Gasteiger charge is -2.33. The number of rotatable bonds is 4. The van der Waals surface area contributed by atoms with E-state index in [1.807, 2.05) is 6.92 Å². The van der Waals surface area contributed by atoms with Crippen molar-refractivity contribution in [3.05, 3.63) is 11.7 Å². The zero-order valence-electron chi connectivity index (χ0n) is 12.5. The lowest BCUT2D eigenvalue weighted by molar-refractivity contribution is -0.142. The highest BCUT2D eigenvalue weighted by atomic mass is 16.6.